The Bertz CT molecular complexity index is 606. The monoisotopic (exact) mass is 340 g/mol. The van der Waals surface area contributed by atoms with E-state index in [1.807, 2.05) is 11.9 Å². The fourth-order valence-electron chi connectivity index (χ4n) is 3.42. The Morgan fingerprint density at radius 2 is 2.26 bits per heavy atom. The lowest BCUT2D eigenvalue weighted by Crippen LogP contribution is -2.44. The summed E-state index contributed by atoms with van der Waals surface area (Å²) in [6.07, 6.45) is 2.74. The van der Waals surface area contributed by atoms with Gasteiger partial charge in [-0.25, -0.2) is 4.39 Å². The number of hydrogen-bond donors (Lipinski definition) is 1. The van der Waals surface area contributed by atoms with Crippen molar-refractivity contribution in [2.75, 3.05) is 27.2 Å². The number of nitrogens with one attached hydrogen (secondary N) is 1. The molecule has 1 aliphatic heterocycles. The van der Waals surface area contributed by atoms with E-state index in [9.17, 15) is 9.18 Å². The Hall–Kier alpha value is -1.17. The van der Waals surface area contributed by atoms with E-state index in [2.05, 4.69) is 5.32 Å². The van der Waals surface area contributed by atoms with Gasteiger partial charge in [0.25, 0.3) is 0 Å². The number of halogens is 2. The van der Waals surface area contributed by atoms with Crippen LogP contribution < -0.4 is 5.32 Å². The summed E-state index contributed by atoms with van der Waals surface area (Å²) in [5.41, 5.74) is 0.786. The Kier molecular flexibility index (Phi) is 4.63. The predicted octanol–water partition coefficient (Wildman–Crippen LogP) is 2.35. The van der Waals surface area contributed by atoms with Crippen LogP contribution in [0.3, 0.4) is 0 Å². The molecular formula is C17H22ClFN2O2. The molecule has 1 saturated heterocycles. The van der Waals surface area contributed by atoms with Gasteiger partial charge in [-0.1, -0.05) is 17.7 Å². The number of nitrogens with zero attached hydrogens (tertiary/aromatic N) is 1. The summed E-state index contributed by atoms with van der Waals surface area (Å²) < 4.78 is 18.6. The summed E-state index contributed by atoms with van der Waals surface area (Å²) >= 11 is 6.18. The van der Waals surface area contributed by atoms with Gasteiger partial charge < -0.3 is 10.1 Å². The maximum atomic E-state index is 13.2. The van der Waals surface area contributed by atoms with Crippen molar-refractivity contribution in [1.29, 1.82) is 0 Å². The van der Waals surface area contributed by atoms with Crippen LogP contribution in [-0.2, 0) is 14.9 Å². The highest BCUT2D eigenvalue weighted by molar-refractivity contribution is 6.31. The highest BCUT2D eigenvalue weighted by Crippen LogP contribution is 2.50. The van der Waals surface area contributed by atoms with E-state index in [0.29, 0.717) is 18.0 Å². The zero-order chi connectivity index (χ0) is 16.6. The summed E-state index contributed by atoms with van der Waals surface area (Å²) in [6.45, 7) is 1.31. The Morgan fingerprint density at radius 1 is 1.52 bits per heavy atom. The number of methoxy groups -OCH3 is 1. The van der Waals surface area contributed by atoms with Crippen LogP contribution >= 0.6 is 11.6 Å². The van der Waals surface area contributed by atoms with E-state index >= 15 is 0 Å². The summed E-state index contributed by atoms with van der Waals surface area (Å²) in [5.74, 6) is -0.312. The largest absolute Gasteiger partial charge is 0.380 e. The molecule has 2 aliphatic rings. The van der Waals surface area contributed by atoms with Crippen LogP contribution in [0.2, 0.25) is 5.02 Å². The smallest absolute Gasteiger partial charge is 0.237 e. The molecule has 0 spiro atoms. The molecule has 3 rings (SSSR count). The average molecular weight is 341 g/mol. The highest BCUT2D eigenvalue weighted by Gasteiger charge is 2.46. The molecule has 6 heteroatoms. The number of likely N-dealkylation sites (N-methyl/N-ethyl adjacent to an activating group) is 1. The molecule has 4 nitrogen and oxygen atoms in total. The molecule has 1 heterocycles. The van der Waals surface area contributed by atoms with Gasteiger partial charge in [0.2, 0.25) is 5.91 Å². The number of rotatable bonds is 5. The normalized spacial score (nSPS) is 26.3. The number of benzene rings is 1. The molecule has 1 aliphatic carbocycles. The van der Waals surface area contributed by atoms with Crippen LogP contribution in [0.25, 0.3) is 0 Å². The van der Waals surface area contributed by atoms with Crippen molar-refractivity contribution in [1.82, 2.24) is 10.2 Å². The number of carbonyl (C=O) groups is 1. The van der Waals surface area contributed by atoms with Crippen LogP contribution in [0, 0.1) is 5.82 Å². The van der Waals surface area contributed by atoms with E-state index in [1.165, 1.54) is 12.1 Å². The fourth-order valence-corrected chi connectivity index (χ4v) is 3.78. The van der Waals surface area contributed by atoms with E-state index in [4.69, 9.17) is 16.3 Å². The number of carbonyl (C=O) groups excluding carboxylic acids is 1. The van der Waals surface area contributed by atoms with Gasteiger partial charge in [-0.3, -0.25) is 9.69 Å². The van der Waals surface area contributed by atoms with Crippen molar-refractivity contribution in [3.05, 3.63) is 34.6 Å². The predicted molar refractivity (Wildman–Crippen MR) is 87.2 cm³/mol. The average Bonchev–Trinajstić information content (AvgIpc) is 3.20. The molecule has 23 heavy (non-hydrogen) atoms. The molecule has 126 valence electrons. The first kappa shape index (κ1) is 16.7. The third-order valence-corrected chi connectivity index (χ3v) is 5.42. The van der Waals surface area contributed by atoms with Crippen molar-refractivity contribution >= 4 is 17.5 Å². The van der Waals surface area contributed by atoms with E-state index in [0.717, 1.165) is 24.9 Å². The Morgan fingerprint density at radius 3 is 2.83 bits per heavy atom. The zero-order valence-electron chi connectivity index (χ0n) is 13.4. The minimum atomic E-state index is -0.336. The van der Waals surface area contributed by atoms with Gasteiger partial charge in [0.1, 0.15) is 5.82 Å². The summed E-state index contributed by atoms with van der Waals surface area (Å²) in [6, 6.07) is 4.35. The summed E-state index contributed by atoms with van der Waals surface area (Å²) in [4.78, 5) is 14.5. The molecule has 0 unspecified atom stereocenters. The second kappa shape index (κ2) is 6.38. The minimum Gasteiger partial charge on any atom is -0.380 e. The highest BCUT2D eigenvalue weighted by atomic mass is 35.5. The van der Waals surface area contributed by atoms with Crippen LogP contribution in [0.1, 0.15) is 24.8 Å². The third-order valence-electron chi connectivity index (χ3n) is 5.10. The molecule has 1 aromatic carbocycles. The number of hydrogen-bond acceptors (Lipinski definition) is 3. The van der Waals surface area contributed by atoms with Gasteiger partial charge in [0, 0.05) is 30.6 Å². The van der Waals surface area contributed by atoms with Gasteiger partial charge >= 0.3 is 0 Å². The van der Waals surface area contributed by atoms with Crippen LogP contribution in [0.4, 0.5) is 4.39 Å². The molecule has 1 saturated carbocycles. The van der Waals surface area contributed by atoms with Gasteiger partial charge in [0.15, 0.2) is 0 Å². The lowest BCUT2D eigenvalue weighted by Gasteiger charge is -2.22. The summed E-state index contributed by atoms with van der Waals surface area (Å²) in [5, 5.41) is 3.49. The molecule has 0 radical (unpaired) electrons. The van der Waals surface area contributed by atoms with Gasteiger partial charge in [0.05, 0.1) is 12.1 Å². The van der Waals surface area contributed by atoms with Crippen LogP contribution in [0.15, 0.2) is 18.2 Å². The lowest BCUT2D eigenvalue weighted by molar-refractivity contribution is -0.125. The van der Waals surface area contributed by atoms with Crippen molar-refractivity contribution in [2.45, 2.75) is 36.8 Å². The van der Waals surface area contributed by atoms with Crippen molar-refractivity contribution in [2.24, 2.45) is 0 Å². The van der Waals surface area contributed by atoms with E-state index in [-0.39, 0.29) is 29.3 Å². The molecule has 0 aromatic heterocycles. The second-order valence-corrected chi connectivity index (χ2v) is 7.08. The third kappa shape index (κ3) is 3.37. The van der Waals surface area contributed by atoms with Crippen molar-refractivity contribution < 1.29 is 13.9 Å². The van der Waals surface area contributed by atoms with Gasteiger partial charge in [-0.2, -0.15) is 0 Å². The maximum absolute atomic E-state index is 13.2. The number of ether oxygens (including phenoxy) is 1. The SMILES string of the molecule is CO[C@H]1C[C@@H](C(=O)NCC2(c3ccc(F)cc3Cl)CC2)N(C)C1. The molecular weight excluding hydrogens is 319 g/mol. The van der Waals surface area contributed by atoms with Gasteiger partial charge in [-0.15, -0.1) is 0 Å². The Balaban J connectivity index is 1.63. The molecule has 1 N–H and O–H groups in total. The Labute approximate surface area is 140 Å². The van der Waals surface area contributed by atoms with Gasteiger partial charge in [-0.05, 0) is 44.0 Å². The molecule has 1 amide bonds. The fraction of sp³-hybridized carbons (Fsp3) is 0.588. The van der Waals surface area contributed by atoms with Crippen molar-refractivity contribution in [3.63, 3.8) is 0 Å². The zero-order valence-corrected chi connectivity index (χ0v) is 14.2. The van der Waals surface area contributed by atoms with Crippen molar-refractivity contribution in [3.8, 4) is 0 Å². The molecule has 0 bridgehead atoms. The van der Waals surface area contributed by atoms with Crippen LogP contribution in [0.5, 0.6) is 0 Å². The first-order valence-electron chi connectivity index (χ1n) is 7.91. The lowest BCUT2D eigenvalue weighted by atomic mass is 9.95. The number of amides is 1. The second-order valence-electron chi connectivity index (χ2n) is 6.67. The quantitative estimate of drug-likeness (QED) is 0.894. The van der Waals surface area contributed by atoms with E-state index < -0.39 is 0 Å². The maximum Gasteiger partial charge on any atom is 0.237 e. The molecule has 2 atom stereocenters. The molecule has 2 fully saturated rings. The summed E-state index contributed by atoms with van der Waals surface area (Å²) in [7, 11) is 3.61. The standard InChI is InChI=1S/C17H22ClFN2O2/c1-21-9-12(23-2)8-15(21)16(22)20-10-17(5-6-17)13-4-3-11(19)7-14(13)18/h3-4,7,12,15H,5-6,8-10H2,1-2H3,(H,20,22)/t12-,15-/m0/s1. The molecule has 1 aromatic rings. The minimum absolute atomic E-state index is 0.0246. The number of likely N-dealkylation sites (tertiary alicyclic amines) is 1. The topological polar surface area (TPSA) is 41.6 Å². The first-order chi connectivity index (χ1) is 10.9. The van der Waals surface area contributed by atoms with Crippen LogP contribution in [-0.4, -0.2) is 50.2 Å². The van der Waals surface area contributed by atoms with E-state index in [1.54, 1.807) is 13.2 Å². The first-order valence-corrected chi connectivity index (χ1v) is 8.29.